The SMILES string of the molecule is CN(Cc1ccccc1F)C(=O)CSc1nc2ncc(Cl)cc2[nH]1. The van der Waals surface area contributed by atoms with Gasteiger partial charge in [-0.1, -0.05) is 41.6 Å². The number of benzene rings is 1. The number of thioether (sulfide) groups is 1. The largest absolute Gasteiger partial charge is 0.341 e. The summed E-state index contributed by atoms with van der Waals surface area (Å²) in [7, 11) is 1.65. The lowest BCUT2D eigenvalue weighted by molar-refractivity contribution is -0.127. The molecule has 0 aliphatic heterocycles. The Bertz CT molecular complexity index is 885. The first kappa shape index (κ1) is 16.7. The number of hydrogen-bond acceptors (Lipinski definition) is 4. The molecule has 0 saturated carbocycles. The van der Waals surface area contributed by atoms with E-state index < -0.39 is 0 Å². The average molecular weight is 365 g/mol. The van der Waals surface area contributed by atoms with Crippen molar-refractivity contribution in [1.82, 2.24) is 19.9 Å². The zero-order chi connectivity index (χ0) is 17.1. The second kappa shape index (κ2) is 7.19. The van der Waals surface area contributed by atoms with Gasteiger partial charge in [0.2, 0.25) is 5.91 Å². The van der Waals surface area contributed by atoms with Crippen LogP contribution >= 0.6 is 23.4 Å². The van der Waals surface area contributed by atoms with Crippen molar-refractivity contribution in [2.45, 2.75) is 11.7 Å². The van der Waals surface area contributed by atoms with Crippen LogP contribution in [0.5, 0.6) is 0 Å². The molecule has 24 heavy (non-hydrogen) atoms. The van der Waals surface area contributed by atoms with E-state index >= 15 is 0 Å². The van der Waals surface area contributed by atoms with Crippen molar-refractivity contribution in [1.29, 1.82) is 0 Å². The van der Waals surface area contributed by atoms with Crippen LogP contribution in [0.15, 0.2) is 41.7 Å². The van der Waals surface area contributed by atoms with Gasteiger partial charge in [-0.2, -0.15) is 0 Å². The van der Waals surface area contributed by atoms with Crippen molar-refractivity contribution in [2.75, 3.05) is 12.8 Å². The fourth-order valence-electron chi connectivity index (χ4n) is 2.13. The van der Waals surface area contributed by atoms with E-state index in [0.717, 1.165) is 5.52 Å². The smallest absolute Gasteiger partial charge is 0.233 e. The third kappa shape index (κ3) is 3.85. The van der Waals surface area contributed by atoms with Gasteiger partial charge < -0.3 is 9.88 Å². The number of nitrogens with one attached hydrogen (secondary N) is 1. The molecule has 124 valence electrons. The Morgan fingerprint density at radius 3 is 3.00 bits per heavy atom. The summed E-state index contributed by atoms with van der Waals surface area (Å²) in [6.07, 6.45) is 1.52. The summed E-state index contributed by atoms with van der Waals surface area (Å²) in [6.45, 7) is 0.226. The van der Waals surface area contributed by atoms with Gasteiger partial charge in [-0.15, -0.1) is 0 Å². The minimum Gasteiger partial charge on any atom is -0.341 e. The molecule has 0 unspecified atom stereocenters. The van der Waals surface area contributed by atoms with Gasteiger partial charge in [-0.05, 0) is 12.1 Å². The highest BCUT2D eigenvalue weighted by Gasteiger charge is 2.13. The van der Waals surface area contributed by atoms with Crippen molar-refractivity contribution in [3.05, 3.63) is 52.9 Å². The average Bonchev–Trinajstić information content (AvgIpc) is 2.96. The maximum atomic E-state index is 13.6. The number of pyridine rings is 1. The Hall–Kier alpha value is -2.12. The van der Waals surface area contributed by atoms with Gasteiger partial charge in [-0.25, -0.2) is 14.4 Å². The molecule has 1 amide bonds. The van der Waals surface area contributed by atoms with Crippen LogP contribution in [0.1, 0.15) is 5.56 Å². The van der Waals surface area contributed by atoms with E-state index in [1.165, 1.54) is 28.9 Å². The van der Waals surface area contributed by atoms with Crippen LogP contribution < -0.4 is 0 Å². The summed E-state index contributed by atoms with van der Waals surface area (Å²) >= 11 is 7.15. The number of carbonyl (C=O) groups excluding carboxylic acids is 1. The zero-order valence-electron chi connectivity index (χ0n) is 12.8. The van der Waals surface area contributed by atoms with Crippen molar-refractivity contribution in [2.24, 2.45) is 0 Å². The molecule has 0 fully saturated rings. The molecule has 2 aromatic heterocycles. The number of hydrogen-bond donors (Lipinski definition) is 1. The minimum atomic E-state index is -0.315. The predicted molar refractivity (Wildman–Crippen MR) is 92.5 cm³/mol. The third-order valence-electron chi connectivity index (χ3n) is 3.41. The topological polar surface area (TPSA) is 61.9 Å². The van der Waals surface area contributed by atoms with E-state index in [0.29, 0.717) is 21.4 Å². The summed E-state index contributed by atoms with van der Waals surface area (Å²) in [6, 6.07) is 8.15. The number of halogens is 2. The van der Waals surface area contributed by atoms with E-state index in [2.05, 4.69) is 15.0 Å². The number of nitrogens with zero attached hydrogens (tertiary/aromatic N) is 3. The molecule has 1 aromatic carbocycles. The minimum absolute atomic E-state index is 0.116. The first-order valence-electron chi connectivity index (χ1n) is 7.14. The Labute approximate surface area is 147 Å². The predicted octanol–water partition coefficient (Wildman–Crippen LogP) is 3.50. The van der Waals surface area contributed by atoms with E-state index in [-0.39, 0.29) is 24.0 Å². The summed E-state index contributed by atoms with van der Waals surface area (Å²) in [5, 5.41) is 1.11. The highest BCUT2D eigenvalue weighted by Crippen LogP contribution is 2.21. The van der Waals surface area contributed by atoms with Gasteiger partial charge in [-0.3, -0.25) is 4.79 Å². The Morgan fingerprint density at radius 2 is 2.21 bits per heavy atom. The molecular weight excluding hydrogens is 351 g/mol. The molecule has 3 rings (SSSR count). The summed E-state index contributed by atoms with van der Waals surface area (Å²) in [4.78, 5) is 25.2. The van der Waals surface area contributed by atoms with Crippen molar-refractivity contribution in [3.8, 4) is 0 Å². The quantitative estimate of drug-likeness (QED) is 0.704. The maximum Gasteiger partial charge on any atom is 0.233 e. The molecule has 3 aromatic rings. The van der Waals surface area contributed by atoms with Gasteiger partial charge in [0.1, 0.15) is 5.82 Å². The second-order valence-corrected chi connectivity index (χ2v) is 6.60. The molecule has 0 spiro atoms. The summed E-state index contributed by atoms with van der Waals surface area (Å²) < 4.78 is 13.6. The van der Waals surface area contributed by atoms with E-state index in [1.807, 2.05) is 0 Å². The van der Waals surface area contributed by atoms with Crippen LogP contribution in [0.25, 0.3) is 11.2 Å². The Balaban J connectivity index is 1.60. The van der Waals surface area contributed by atoms with E-state index in [4.69, 9.17) is 11.6 Å². The molecule has 2 heterocycles. The van der Waals surface area contributed by atoms with Crippen LogP contribution in [-0.2, 0) is 11.3 Å². The highest BCUT2D eigenvalue weighted by molar-refractivity contribution is 7.99. The van der Waals surface area contributed by atoms with Crippen molar-refractivity contribution < 1.29 is 9.18 Å². The molecule has 0 aliphatic carbocycles. The van der Waals surface area contributed by atoms with Gasteiger partial charge in [0, 0.05) is 25.4 Å². The molecular formula is C16H14ClFN4OS. The maximum absolute atomic E-state index is 13.6. The van der Waals surface area contributed by atoms with Crippen LogP contribution in [-0.4, -0.2) is 38.6 Å². The number of imidazole rings is 1. The molecule has 0 aliphatic rings. The van der Waals surface area contributed by atoms with E-state index in [1.54, 1.807) is 31.3 Å². The van der Waals surface area contributed by atoms with Crippen molar-refractivity contribution >= 4 is 40.4 Å². The molecule has 0 bridgehead atoms. The first-order chi connectivity index (χ1) is 11.5. The van der Waals surface area contributed by atoms with Gasteiger partial charge in [0.25, 0.3) is 0 Å². The number of H-pyrrole nitrogens is 1. The monoisotopic (exact) mass is 364 g/mol. The van der Waals surface area contributed by atoms with Crippen LogP contribution in [0.4, 0.5) is 4.39 Å². The summed E-state index contributed by atoms with van der Waals surface area (Å²) in [5.74, 6) is -0.238. The number of amides is 1. The third-order valence-corrected chi connectivity index (χ3v) is 4.47. The Kier molecular flexibility index (Phi) is 5.01. The molecule has 1 N–H and O–H groups in total. The number of aromatic amines is 1. The lowest BCUT2D eigenvalue weighted by atomic mass is 10.2. The fraction of sp³-hybridized carbons (Fsp3) is 0.188. The van der Waals surface area contributed by atoms with Crippen LogP contribution in [0.2, 0.25) is 5.02 Å². The van der Waals surface area contributed by atoms with Crippen LogP contribution in [0, 0.1) is 5.82 Å². The lowest BCUT2D eigenvalue weighted by Gasteiger charge is -2.17. The van der Waals surface area contributed by atoms with Crippen molar-refractivity contribution in [3.63, 3.8) is 0 Å². The normalized spacial score (nSPS) is 11.0. The Morgan fingerprint density at radius 1 is 1.42 bits per heavy atom. The molecule has 0 radical (unpaired) electrons. The number of carbonyl (C=O) groups is 1. The van der Waals surface area contributed by atoms with Gasteiger partial charge in [0.05, 0.1) is 16.3 Å². The molecule has 8 heteroatoms. The standard InChI is InChI=1S/C16H14ClFN4OS/c1-22(8-10-4-2-3-5-12(10)18)14(23)9-24-16-20-13-6-11(17)7-19-15(13)21-16/h2-7H,8-9H2,1H3,(H,19,20,21). The van der Waals surface area contributed by atoms with Crippen LogP contribution in [0.3, 0.4) is 0 Å². The van der Waals surface area contributed by atoms with Gasteiger partial charge >= 0.3 is 0 Å². The summed E-state index contributed by atoms with van der Waals surface area (Å²) in [5.41, 5.74) is 1.76. The number of rotatable bonds is 5. The zero-order valence-corrected chi connectivity index (χ0v) is 14.4. The molecule has 5 nitrogen and oxygen atoms in total. The molecule has 0 atom stereocenters. The lowest BCUT2D eigenvalue weighted by Crippen LogP contribution is -2.28. The number of fused-ring (bicyclic) bond motifs is 1. The fourth-order valence-corrected chi connectivity index (χ4v) is 3.10. The second-order valence-electron chi connectivity index (χ2n) is 5.20. The van der Waals surface area contributed by atoms with E-state index in [9.17, 15) is 9.18 Å². The highest BCUT2D eigenvalue weighted by atomic mass is 35.5. The molecule has 0 saturated heterocycles. The first-order valence-corrected chi connectivity index (χ1v) is 8.51. The van der Waals surface area contributed by atoms with Gasteiger partial charge in [0.15, 0.2) is 10.8 Å². The number of aromatic nitrogens is 3.